The van der Waals surface area contributed by atoms with Gasteiger partial charge in [-0.15, -0.1) is 0 Å². The summed E-state index contributed by atoms with van der Waals surface area (Å²) in [6.45, 7) is 0. The molecule has 0 aliphatic carbocycles. The van der Waals surface area contributed by atoms with E-state index in [1.54, 1.807) is 31.5 Å². The van der Waals surface area contributed by atoms with Crippen LogP contribution in [0.1, 0.15) is 16.1 Å². The minimum atomic E-state index is -0.378. The van der Waals surface area contributed by atoms with Crippen LogP contribution in [0.4, 0.5) is 10.2 Å². The van der Waals surface area contributed by atoms with Gasteiger partial charge < -0.3 is 10.1 Å². The van der Waals surface area contributed by atoms with Gasteiger partial charge in [0.2, 0.25) is 0 Å². The molecule has 2 aromatic heterocycles. The first-order chi connectivity index (χ1) is 18.6. The van der Waals surface area contributed by atoms with E-state index in [2.05, 4.69) is 10.3 Å². The number of carbonyl (C=O) groups is 1. The van der Waals surface area contributed by atoms with Gasteiger partial charge in [-0.25, -0.2) is 9.37 Å². The van der Waals surface area contributed by atoms with Crippen LogP contribution in [0, 0.1) is 5.82 Å². The van der Waals surface area contributed by atoms with E-state index in [0.29, 0.717) is 57.3 Å². The van der Waals surface area contributed by atoms with Crippen LogP contribution in [0.25, 0.3) is 28.0 Å². The highest BCUT2D eigenvalue weighted by molar-refractivity contribution is 6.23. The number of hydrogen-bond donors (Lipinski definition) is 1. The Kier molecular flexibility index (Phi) is 6.01. The number of hydrogen-bond acceptors (Lipinski definition) is 5. The number of fused-ring (bicyclic) bond motifs is 1. The minimum Gasteiger partial charge on any atom is -0.497 e. The monoisotopic (exact) mass is 502 g/mol. The number of rotatable bonds is 6. The molecule has 1 N–H and O–H groups in total. The van der Waals surface area contributed by atoms with Crippen molar-refractivity contribution >= 4 is 17.3 Å². The lowest BCUT2D eigenvalue weighted by molar-refractivity contribution is 0.0958. The van der Waals surface area contributed by atoms with Crippen molar-refractivity contribution in [3.8, 4) is 28.1 Å². The first-order valence-corrected chi connectivity index (χ1v) is 12.2. The molecule has 0 amide bonds. The van der Waals surface area contributed by atoms with E-state index in [-0.39, 0.29) is 11.7 Å². The highest BCUT2D eigenvalue weighted by atomic mass is 19.1. The molecular formula is C31H23FN4O2. The number of pyridine rings is 1. The van der Waals surface area contributed by atoms with Crippen LogP contribution in [0.2, 0.25) is 0 Å². The summed E-state index contributed by atoms with van der Waals surface area (Å²) < 4.78 is 21.9. The molecule has 186 valence electrons. The number of benzene rings is 3. The summed E-state index contributed by atoms with van der Waals surface area (Å²) in [5.41, 5.74) is 4.77. The minimum absolute atomic E-state index is 0.311. The molecule has 0 atom stereocenters. The third-order valence-corrected chi connectivity index (χ3v) is 6.55. The molecule has 0 bridgehead atoms. The predicted octanol–water partition coefficient (Wildman–Crippen LogP) is 6.48. The van der Waals surface area contributed by atoms with E-state index in [9.17, 15) is 4.79 Å². The van der Waals surface area contributed by atoms with E-state index >= 15 is 4.39 Å². The number of methoxy groups -OCH3 is 1. The van der Waals surface area contributed by atoms with E-state index in [1.165, 1.54) is 10.7 Å². The first kappa shape index (κ1) is 23.4. The van der Waals surface area contributed by atoms with E-state index in [0.717, 1.165) is 5.56 Å². The topological polar surface area (TPSA) is 69.0 Å². The summed E-state index contributed by atoms with van der Waals surface area (Å²) in [5, 5.41) is 8.12. The van der Waals surface area contributed by atoms with Gasteiger partial charge in [0.1, 0.15) is 23.1 Å². The second-order valence-electron chi connectivity index (χ2n) is 8.83. The number of aromatic nitrogens is 3. The Labute approximate surface area is 219 Å². The number of carbonyl (C=O) groups excluding carboxylic acids is 1. The highest BCUT2D eigenvalue weighted by Crippen LogP contribution is 2.40. The van der Waals surface area contributed by atoms with Gasteiger partial charge in [-0.1, -0.05) is 66.7 Å². The molecule has 0 unspecified atom stereocenters. The molecule has 0 saturated carbocycles. The number of halogens is 1. The maximum Gasteiger partial charge on any atom is 0.280 e. The zero-order chi connectivity index (χ0) is 26.1. The van der Waals surface area contributed by atoms with Crippen molar-refractivity contribution in [2.45, 2.75) is 6.42 Å². The van der Waals surface area contributed by atoms with Gasteiger partial charge in [-0.3, -0.25) is 4.79 Å². The normalized spacial score (nSPS) is 12.8. The SMILES string of the molecule is COc1ccc(C2=C(Nc3ccccn3)Cc3c(-c4ccccc4F)c(-c4ccccc4)nn3C2=O)cc1. The zero-order valence-corrected chi connectivity index (χ0v) is 20.6. The summed E-state index contributed by atoms with van der Waals surface area (Å²) in [4.78, 5) is 18.5. The number of nitrogens with one attached hydrogen (secondary N) is 1. The average molecular weight is 503 g/mol. The summed E-state index contributed by atoms with van der Waals surface area (Å²) in [5.74, 6) is 0.599. The molecule has 7 heteroatoms. The second-order valence-corrected chi connectivity index (χ2v) is 8.83. The largest absolute Gasteiger partial charge is 0.497 e. The standard InChI is InChI=1S/C31H23FN4O2/c1-38-22-16-14-20(15-17-22)28-25(34-27-13-7-8-18-33-27)19-26-29(23-11-5-6-12-24(23)32)30(35-36(26)31(28)37)21-9-3-2-4-10-21/h2-18H,19H2,1H3,(H,33,34). The molecule has 0 saturated heterocycles. The summed E-state index contributed by atoms with van der Waals surface area (Å²) in [7, 11) is 1.60. The number of ether oxygens (including phenoxy) is 1. The van der Waals surface area contributed by atoms with Crippen LogP contribution in [0.5, 0.6) is 5.75 Å². The van der Waals surface area contributed by atoms with Gasteiger partial charge in [0.05, 0.1) is 18.4 Å². The van der Waals surface area contributed by atoms with Gasteiger partial charge in [0.25, 0.3) is 5.91 Å². The van der Waals surface area contributed by atoms with Crippen molar-refractivity contribution in [1.82, 2.24) is 14.8 Å². The average Bonchev–Trinajstić information content (AvgIpc) is 3.34. The number of nitrogens with zero attached hydrogens (tertiary/aromatic N) is 3. The Bertz CT molecular complexity index is 1660. The third kappa shape index (κ3) is 4.14. The number of allylic oxidation sites excluding steroid dienone is 2. The van der Waals surface area contributed by atoms with Crippen LogP contribution in [0.3, 0.4) is 0 Å². The van der Waals surface area contributed by atoms with Crippen LogP contribution in [-0.4, -0.2) is 27.8 Å². The van der Waals surface area contributed by atoms with Crippen LogP contribution in [0.15, 0.2) is 109 Å². The van der Waals surface area contributed by atoms with E-state index in [1.807, 2.05) is 72.8 Å². The van der Waals surface area contributed by atoms with Crippen molar-refractivity contribution in [2.24, 2.45) is 0 Å². The predicted molar refractivity (Wildman–Crippen MR) is 145 cm³/mol. The van der Waals surface area contributed by atoms with E-state index in [4.69, 9.17) is 9.84 Å². The maximum atomic E-state index is 15.2. The lowest BCUT2D eigenvalue weighted by Crippen LogP contribution is -2.26. The second kappa shape index (κ2) is 9.78. The Morgan fingerprint density at radius 3 is 2.32 bits per heavy atom. The Balaban J connectivity index is 1.57. The lowest BCUT2D eigenvalue weighted by atomic mass is 9.92. The Morgan fingerprint density at radius 1 is 0.868 bits per heavy atom. The summed E-state index contributed by atoms with van der Waals surface area (Å²) >= 11 is 0. The summed E-state index contributed by atoms with van der Waals surface area (Å²) in [6.07, 6.45) is 2.00. The molecule has 1 aliphatic rings. The molecule has 5 aromatic rings. The molecule has 38 heavy (non-hydrogen) atoms. The van der Waals surface area contributed by atoms with Crippen molar-refractivity contribution in [1.29, 1.82) is 0 Å². The van der Waals surface area contributed by atoms with E-state index < -0.39 is 0 Å². The molecule has 3 aromatic carbocycles. The van der Waals surface area contributed by atoms with Crippen molar-refractivity contribution < 1.29 is 13.9 Å². The fraction of sp³-hybridized carbons (Fsp3) is 0.0645. The molecule has 0 fully saturated rings. The zero-order valence-electron chi connectivity index (χ0n) is 20.6. The quantitative estimate of drug-likeness (QED) is 0.288. The van der Waals surface area contributed by atoms with Gasteiger partial charge in [-0.2, -0.15) is 9.78 Å². The third-order valence-electron chi connectivity index (χ3n) is 6.55. The molecule has 0 spiro atoms. The maximum absolute atomic E-state index is 15.2. The Hall–Kier alpha value is -5.04. The highest BCUT2D eigenvalue weighted by Gasteiger charge is 2.33. The van der Waals surface area contributed by atoms with Gasteiger partial charge in [0, 0.05) is 35.0 Å². The molecule has 0 radical (unpaired) electrons. The first-order valence-electron chi connectivity index (χ1n) is 12.2. The van der Waals surface area contributed by atoms with Crippen LogP contribution >= 0.6 is 0 Å². The molecule has 3 heterocycles. The molecule has 6 rings (SSSR count). The molecular weight excluding hydrogens is 479 g/mol. The molecule has 6 nitrogen and oxygen atoms in total. The van der Waals surface area contributed by atoms with Gasteiger partial charge >= 0.3 is 0 Å². The Morgan fingerprint density at radius 2 is 1.61 bits per heavy atom. The van der Waals surface area contributed by atoms with Crippen LogP contribution in [-0.2, 0) is 6.42 Å². The van der Waals surface area contributed by atoms with Gasteiger partial charge in [-0.05, 0) is 35.9 Å². The fourth-order valence-electron chi connectivity index (χ4n) is 4.77. The lowest BCUT2D eigenvalue weighted by Gasteiger charge is -2.23. The van der Waals surface area contributed by atoms with Crippen molar-refractivity contribution in [3.63, 3.8) is 0 Å². The smallest absolute Gasteiger partial charge is 0.280 e. The fourth-order valence-corrected chi connectivity index (χ4v) is 4.77. The summed E-state index contributed by atoms with van der Waals surface area (Å²) in [6, 6.07) is 29.0. The van der Waals surface area contributed by atoms with Crippen LogP contribution < -0.4 is 10.1 Å². The van der Waals surface area contributed by atoms with Crippen molar-refractivity contribution in [3.05, 3.63) is 126 Å². The number of anilines is 1. The van der Waals surface area contributed by atoms with Crippen molar-refractivity contribution in [2.75, 3.05) is 12.4 Å². The molecule has 1 aliphatic heterocycles. The van der Waals surface area contributed by atoms with Gasteiger partial charge in [0.15, 0.2) is 0 Å².